The molecule has 2 heterocycles. The van der Waals surface area contributed by atoms with Crippen molar-refractivity contribution < 1.29 is 0 Å². The summed E-state index contributed by atoms with van der Waals surface area (Å²) >= 11 is 0. The Morgan fingerprint density at radius 1 is 0.229 bits per heavy atom. The molecule has 11 aromatic carbocycles. The highest BCUT2D eigenvalue weighted by Crippen LogP contribution is 2.47. The lowest BCUT2D eigenvalue weighted by atomic mass is 9.99. The van der Waals surface area contributed by atoms with Crippen molar-refractivity contribution in [3.8, 4) is 33.6 Å². The van der Waals surface area contributed by atoms with Crippen LogP contribution in [0, 0.1) is 0 Å². The van der Waals surface area contributed by atoms with E-state index in [2.05, 4.69) is 298 Å². The molecule has 0 aliphatic carbocycles. The number of para-hydroxylation sites is 6. The number of fused-ring (bicyclic) bond motifs is 6. The van der Waals surface area contributed by atoms with Crippen molar-refractivity contribution >= 4 is 77.7 Å². The molecule has 0 amide bonds. The molecule has 0 aliphatic rings. The van der Waals surface area contributed by atoms with Crippen LogP contribution < -0.4 is 9.80 Å². The van der Waals surface area contributed by atoms with Crippen LogP contribution in [0.1, 0.15) is 0 Å². The highest BCUT2D eigenvalue weighted by atomic mass is 15.2. The lowest BCUT2D eigenvalue weighted by Gasteiger charge is -2.27. The second-order valence-corrected chi connectivity index (χ2v) is 17.8. The third-order valence-electron chi connectivity index (χ3n) is 13.7. The monoisotopic (exact) mass is 894 g/mol. The Morgan fingerprint density at radius 3 is 1.27 bits per heavy atom. The Morgan fingerprint density at radius 2 is 0.643 bits per heavy atom. The van der Waals surface area contributed by atoms with Crippen LogP contribution in [0.15, 0.2) is 279 Å². The third kappa shape index (κ3) is 7.10. The van der Waals surface area contributed by atoms with Crippen molar-refractivity contribution in [1.29, 1.82) is 0 Å². The van der Waals surface area contributed by atoms with Crippen LogP contribution in [0.25, 0.3) is 77.2 Å². The number of benzene rings is 11. The van der Waals surface area contributed by atoms with Gasteiger partial charge < -0.3 is 18.9 Å². The second-order valence-electron chi connectivity index (χ2n) is 17.8. The van der Waals surface area contributed by atoms with Gasteiger partial charge in [0.05, 0.1) is 27.8 Å². The quantitative estimate of drug-likeness (QED) is 0.136. The summed E-state index contributed by atoms with van der Waals surface area (Å²) in [5, 5.41) is 4.85. The van der Waals surface area contributed by atoms with Crippen molar-refractivity contribution in [2.75, 3.05) is 9.80 Å². The van der Waals surface area contributed by atoms with Crippen molar-refractivity contribution in [3.05, 3.63) is 279 Å². The summed E-state index contributed by atoms with van der Waals surface area (Å²) in [6.07, 6.45) is 0. The van der Waals surface area contributed by atoms with Gasteiger partial charge in [0.25, 0.3) is 0 Å². The molecule has 0 bridgehead atoms. The molecule has 0 radical (unpaired) electrons. The van der Waals surface area contributed by atoms with Gasteiger partial charge in [-0.3, -0.25) is 0 Å². The summed E-state index contributed by atoms with van der Waals surface area (Å²) in [5.41, 5.74) is 18.1. The summed E-state index contributed by atoms with van der Waals surface area (Å²) < 4.78 is 4.83. The van der Waals surface area contributed by atoms with E-state index in [-0.39, 0.29) is 0 Å². The number of nitrogens with zero attached hydrogens (tertiary/aromatic N) is 4. The minimum absolute atomic E-state index is 1.07. The number of anilines is 6. The lowest BCUT2D eigenvalue weighted by molar-refractivity contribution is 1.18. The molecule has 13 rings (SSSR count). The number of rotatable bonds is 10. The molecule has 0 saturated carbocycles. The smallest absolute Gasteiger partial charge is 0.0568 e. The number of hydrogen-bond donors (Lipinski definition) is 0. The minimum atomic E-state index is 1.07. The van der Waals surface area contributed by atoms with E-state index in [1.807, 2.05) is 0 Å². The molecule has 0 N–H and O–H groups in total. The molecule has 330 valence electrons. The predicted octanol–water partition coefficient (Wildman–Crippen LogP) is 18.2. The van der Waals surface area contributed by atoms with Gasteiger partial charge >= 0.3 is 0 Å². The van der Waals surface area contributed by atoms with E-state index in [1.165, 1.54) is 38.2 Å². The first kappa shape index (κ1) is 40.9. The molecule has 0 spiro atoms. The van der Waals surface area contributed by atoms with E-state index in [0.29, 0.717) is 0 Å². The Balaban J connectivity index is 1.00. The molecule has 0 saturated heterocycles. The molecule has 13 aromatic rings. The Bertz CT molecular complexity index is 3920. The summed E-state index contributed by atoms with van der Waals surface area (Å²) in [6, 6.07) is 101. The van der Waals surface area contributed by atoms with Crippen LogP contribution in [0.2, 0.25) is 0 Å². The third-order valence-corrected chi connectivity index (χ3v) is 13.7. The van der Waals surface area contributed by atoms with Gasteiger partial charge in [-0.05, 0) is 131 Å². The average molecular weight is 895 g/mol. The van der Waals surface area contributed by atoms with E-state index in [4.69, 9.17) is 0 Å². The highest BCUT2D eigenvalue weighted by Gasteiger charge is 2.24. The average Bonchev–Trinajstić information content (AvgIpc) is 3.95. The molecular weight excluding hydrogens is 849 g/mol. The Labute approximate surface area is 407 Å². The van der Waals surface area contributed by atoms with Gasteiger partial charge in [0.1, 0.15) is 0 Å². The first-order valence-corrected chi connectivity index (χ1v) is 23.9. The van der Waals surface area contributed by atoms with Crippen LogP contribution in [0.3, 0.4) is 0 Å². The minimum Gasteiger partial charge on any atom is -0.310 e. The van der Waals surface area contributed by atoms with Crippen molar-refractivity contribution in [2.45, 2.75) is 0 Å². The predicted molar refractivity (Wildman–Crippen MR) is 295 cm³/mol. The van der Waals surface area contributed by atoms with Crippen molar-refractivity contribution in [3.63, 3.8) is 0 Å². The zero-order chi connectivity index (χ0) is 46.4. The fourth-order valence-electron chi connectivity index (χ4n) is 10.5. The maximum absolute atomic E-state index is 2.44. The van der Waals surface area contributed by atoms with E-state index in [9.17, 15) is 0 Å². The van der Waals surface area contributed by atoms with Crippen LogP contribution in [0.4, 0.5) is 34.1 Å². The van der Waals surface area contributed by atoms with Gasteiger partial charge in [-0.25, -0.2) is 0 Å². The molecule has 0 fully saturated rings. The van der Waals surface area contributed by atoms with E-state index >= 15 is 0 Å². The number of hydrogen-bond acceptors (Lipinski definition) is 2. The van der Waals surface area contributed by atoms with E-state index in [0.717, 1.165) is 73.2 Å². The van der Waals surface area contributed by atoms with Crippen molar-refractivity contribution in [2.24, 2.45) is 0 Å². The topological polar surface area (TPSA) is 16.3 Å². The summed E-state index contributed by atoms with van der Waals surface area (Å²) in [4.78, 5) is 4.78. The largest absolute Gasteiger partial charge is 0.310 e. The molecule has 0 aliphatic heterocycles. The van der Waals surface area contributed by atoms with Gasteiger partial charge in [-0.15, -0.1) is 0 Å². The molecule has 2 aromatic heterocycles. The molecule has 4 heteroatoms. The maximum Gasteiger partial charge on any atom is 0.0568 e. The number of aromatic nitrogens is 2. The molecule has 0 unspecified atom stereocenters. The van der Waals surface area contributed by atoms with Crippen LogP contribution in [0.5, 0.6) is 0 Å². The summed E-state index contributed by atoms with van der Waals surface area (Å²) in [6.45, 7) is 0. The summed E-state index contributed by atoms with van der Waals surface area (Å²) in [7, 11) is 0. The Kier molecular flexibility index (Phi) is 10.1. The maximum atomic E-state index is 2.44. The standard InChI is InChI=1S/C66H46N4/c1-6-20-47(21-7-1)48-34-40-56(41-35-48)70-62-33-19-17-31-60(62)66-64(68(52-24-10-3-11-25-52)53-26-12-4-13-27-53)44-50(45-65(66)70)49-36-38-55(39-37-49)67(51-22-8-2-9-23-51)57-42-43-59-58-30-16-18-32-61(58)69(63(59)46-57)54-28-14-5-15-29-54/h1-46H. The molecule has 4 nitrogen and oxygen atoms in total. The normalized spacial score (nSPS) is 11.4. The van der Waals surface area contributed by atoms with Gasteiger partial charge in [0.2, 0.25) is 0 Å². The van der Waals surface area contributed by atoms with Crippen LogP contribution >= 0.6 is 0 Å². The SMILES string of the molecule is c1ccc(-c2ccc(-n3c4ccccc4c4c(N(c5ccccc5)c5ccccc5)cc(-c5ccc(N(c6ccccc6)c6ccc7c8ccccc8n(-c8ccccc8)c7c6)cc5)cc43)cc2)cc1. The highest BCUT2D eigenvalue weighted by molar-refractivity contribution is 6.18. The second kappa shape index (κ2) is 17.4. The molecular formula is C66H46N4. The van der Waals surface area contributed by atoms with E-state index in [1.54, 1.807) is 0 Å². The van der Waals surface area contributed by atoms with E-state index < -0.39 is 0 Å². The van der Waals surface area contributed by atoms with Gasteiger partial charge in [0.15, 0.2) is 0 Å². The zero-order valence-electron chi connectivity index (χ0n) is 38.3. The summed E-state index contributed by atoms with van der Waals surface area (Å²) in [5.74, 6) is 0. The van der Waals surface area contributed by atoms with Crippen molar-refractivity contribution in [1.82, 2.24) is 9.13 Å². The lowest BCUT2D eigenvalue weighted by Crippen LogP contribution is -2.11. The zero-order valence-corrected chi connectivity index (χ0v) is 38.3. The van der Waals surface area contributed by atoms with Crippen LogP contribution in [-0.2, 0) is 0 Å². The van der Waals surface area contributed by atoms with Crippen LogP contribution in [-0.4, -0.2) is 9.13 Å². The van der Waals surface area contributed by atoms with Gasteiger partial charge in [-0.2, -0.15) is 0 Å². The first-order chi connectivity index (χ1) is 34.7. The first-order valence-electron chi connectivity index (χ1n) is 23.9. The molecule has 70 heavy (non-hydrogen) atoms. The van der Waals surface area contributed by atoms with Gasteiger partial charge in [-0.1, -0.05) is 170 Å². The molecule has 0 atom stereocenters. The fraction of sp³-hybridized carbons (Fsp3) is 0. The Hall–Kier alpha value is -9.38. The van der Waals surface area contributed by atoms with Gasteiger partial charge in [0, 0.05) is 61.4 Å². The fourth-order valence-corrected chi connectivity index (χ4v) is 10.5.